The Hall–Kier alpha value is -2.51. The second kappa shape index (κ2) is 7.58. The molecule has 1 aromatic carbocycles. The zero-order chi connectivity index (χ0) is 18.6. The molecule has 1 aliphatic rings. The topological polar surface area (TPSA) is 106 Å². The molecule has 3 rings (SSSR count). The molecule has 1 aromatic heterocycles. The van der Waals surface area contributed by atoms with Crippen LogP contribution in [0, 0.1) is 0 Å². The van der Waals surface area contributed by atoms with Crippen LogP contribution in [0.1, 0.15) is 19.4 Å². The van der Waals surface area contributed by atoms with Crippen LogP contribution < -0.4 is 5.73 Å². The molecule has 2 heterocycles. The summed E-state index contributed by atoms with van der Waals surface area (Å²) in [5, 5.41) is 15.6. The Morgan fingerprint density at radius 2 is 1.76 bits per heavy atom. The molecule has 7 heteroatoms. The van der Waals surface area contributed by atoms with Crippen molar-refractivity contribution in [3.63, 3.8) is 0 Å². The highest BCUT2D eigenvalue weighted by Crippen LogP contribution is 2.42. The van der Waals surface area contributed by atoms with E-state index in [-0.39, 0.29) is 5.66 Å². The Morgan fingerprint density at radius 3 is 2.32 bits per heavy atom. The van der Waals surface area contributed by atoms with E-state index < -0.39 is 11.9 Å². The zero-order valence-corrected chi connectivity index (χ0v) is 14.8. The number of nitrogens with two attached hydrogens (primary N) is 1. The largest absolute Gasteiger partial charge is 0.478 e. The van der Waals surface area contributed by atoms with Gasteiger partial charge in [-0.1, -0.05) is 18.2 Å². The van der Waals surface area contributed by atoms with Crippen LogP contribution >= 0.6 is 11.8 Å². The van der Waals surface area contributed by atoms with E-state index in [4.69, 9.17) is 15.9 Å². The highest BCUT2D eigenvalue weighted by atomic mass is 32.2. The van der Waals surface area contributed by atoms with E-state index in [0.29, 0.717) is 12.2 Å². The Bertz CT molecular complexity index is 803. The summed E-state index contributed by atoms with van der Waals surface area (Å²) in [6, 6.07) is 10.7. The fourth-order valence-corrected chi connectivity index (χ4v) is 3.50. The summed E-state index contributed by atoms with van der Waals surface area (Å²) in [6.45, 7) is 4.08. The minimum Gasteiger partial charge on any atom is -0.478 e. The van der Waals surface area contributed by atoms with Gasteiger partial charge in [-0.3, -0.25) is 0 Å². The SMILES string of the molecule is CC(C)(N)n1ccc2c1-c1ccccc1SC2.O=C(O)C=CC(=O)O. The number of rotatable bonds is 3. The fraction of sp³-hybridized carbons (Fsp3) is 0.222. The Balaban J connectivity index is 0.000000242. The Kier molecular flexibility index (Phi) is 5.71. The smallest absolute Gasteiger partial charge is 0.328 e. The number of hydrogen-bond donors (Lipinski definition) is 3. The molecule has 4 N–H and O–H groups in total. The van der Waals surface area contributed by atoms with E-state index in [2.05, 4.69) is 41.1 Å². The highest BCUT2D eigenvalue weighted by molar-refractivity contribution is 7.98. The van der Waals surface area contributed by atoms with Gasteiger partial charge in [0.05, 0.1) is 11.4 Å². The third kappa shape index (κ3) is 4.74. The third-order valence-electron chi connectivity index (χ3n) is 3.48. The molecule has 1 aliphatic heterocycles. The molecular formula is C18H20N2O4S. The van der Waals surface area contributed by atoms with Crippen LogP contribution in [0.3, 0.4) is 0 Å². The van der Waals surface area contributed by atoms with Crippen molar-refractivity contribution in [1.82, 2.24) is 4.57 Å². The van der Waals surface area contributed by atoms with Crippen LogP contribution in [0.2, 0.25) is 0 Å². The normalized spacial score (nSPS) is 12.8. The summed E-state index contributed by atoms with van der Waals surface area (Å²) < 4.78 is 2.18. The first-order valence-electron chi connectivity index (χ1n) is 7.56. The van der Waals surface area contributed by atoms with Gasteiger partial charge in [0.25, 0.3) is 0 Å². The number of benzene rings is 1. The maximum atomic E-state index is 9.55. The maximum absolute atomic E-state index is 9.55. The molecule has 6 nitrogen and oxygen atoms in total. The monoisotopic (exact) mass is 360 g/mol. The van der Waals surface area contributed by atoms with Gasteiger partial charge < -0.3 is 20.5 Å². The molecule has 0 spiro atoms. The number of carboxylic acids is 2. The lowest BCUT2D eigenvalue weighted by atomic mass is 10.1. The quantitative estimate of drug-likeness (QED) is 0.726. The van der Waals surface area contributed by atoms with Crippen LogP contribution in [0.5, 0.6) is 0 Å². The van der Waals surface area contributed by atoms with Gasteiger partial charge in [0.2, 0.25) is 0 Å². The van der Waals surface area contributed by atoms with E-state index in [1.54, 1.807) is 0 Å². The fourth-order valence-electron chi connectivity index (χ4n) is 2.46. The molecule has 0 radical (unpaired) electrons. The number of thioether (sulfide) groups is 1. The Labute approximate surface area is 150 Å². The van der Waals surface area contributed by atoms with E-state index in [1.165, 1.54) is 21.7 Å². The molecule has 0 bridgehead atoms. The van der Waals surface area contributed by atoms with E-state index >= 15 is 0 Å². The minimum absolute atomic E-state index is 0.358. The average molecular weight is 360 g/mol. The summed E-state index contributed by atoms with van der Waals surface area (Å²) in [6.07, 6.45) is 3.22. The van der Waals surface area contributed by atoms with Crippen LogP contribution in [0.15, 0.2) is 53.6 Å². The summed E-state index contributed by atoms with van der Waals surface area (Å²) >= 11 is 1.90. The van der Waals surface area contributed by atoms with Gasteiger partial charge in [-0.15, -0.1) is 11.8 Å². The van der Waals surface area contributed by atoms with Crippen molar-refractivity contribution in [2.75, 3.05) is 0 Å². The summed E-state index contributed by atoms with van der Waals surface area (Å²) in [7, 11) is 0. The second-order valence-corrected chi connectivity index (χ2v) is 7.03. The van der Waals surface area contributed by atoms with E-state index in [0.717, 1.165) is 5.75 Å². The molecule has 0 atom stereocenters. The van der Waals surface area contributed by atoms with Crippen molar-refractivity contribution in [2.45, 2.75) is 30.2 Å². The number of aliphatic carboxylic acids is 2. The van der Waals surface area contributed by atoms with Crippen LogP contribution in [0.25, 0.3) is 11.3 Å². The minimum atomic E-state index is -1.26. The van der Waals surface area contributed by atoms with Gasteiger partial charge in [0, 0.05) is 34.6 Å². The van der Waals surface area contributed by atoms with Crippen LogP contribution in [-0.4, -0.2) is 26.7 Å². The first-order valence-corrected chi connectivity index (χ1v) is 8.54. The number of fused-ring (bicyclic) bond motifs is 3. The molecule has 2 aromatic rings. The lowest BCUT2D eigenvalue weighted by Crippen LogP contribution is -2.36. The maximum Gasteiger partial charge on any atom is 0.328 e. The molecule has 25 heavy (non-hydrogen) atoms. The predicted octanol–water partition coefficient (Wildman–Crippen LogP) is 3.12. The molecule has 0 fully saturated rings. The first kappa shape index (κ1) is 18.8. The van der Waals surface area contributed by atoms with Gasteiger partial charge in [0.1, 0.15) is 0 Å². The molecular weight excluding hydrogens is 340 g/mol. The summed E-state index contributed by atoms with van der Waals surface area (Å²) in [5.74, 6) is -1.48. The van der Waals surface area contributed by atoms with Crippen molar-refractivity contribution < 1.29 is 19.8 Å². The second-order valence-electron chi connectivity index (χ2n) is 6.01. The third-order valence-corrected chi connectivity index (χ3v) is 4.61. The summed E-state index contributed by atoms with van der Waals surface area (Å²) in [4.78, 5) is 20.5. The average Bonchev–Trinajstić information content (AvgIpc) is 2.98. The van der Waals surface area contributed by atoms with Gasteiger partial charge in [0.15, 0.2) is 0 Å². The van der Waals surface area contributed by atoms with Crippen molar-refractivity contribution in [1.29, 1.82) is 0 Å². The number of carbonyl (C=O) groups is 2. The van der Waals surface area contributed by atoms with E-state index in [1.807, 2.05) is 25.6 Å². The molecule has 132 valence electrons. The lowest BCUT2D eigenvalue weighted by Gasteiger charge is -2.27. The van der Waals surface area contributed by atoms with Crippen LogP contribution in [0.4, 0.5) is 0 Å². The number of hydrogen-bond acceptors (Lipinski definition) is 4. The number of carboxylic acid groups (broad SMARTS) is 2. The van der Waals surface area contributed by atoms with Gasteiger partial charge >= 0.3 is 11.9 Å². The standard InChI is InChI=1S/C14H16N2S.C4H4O4/c1-14(2,15)16-8-7-10-9-17-12-6-4-3-5-11(12)13(10)16;5-3(6)1-2-4(7)8/h3-8H,9,15H2,1-2H3;1-2H,(H,5,6)(H,7,8). The van der Waals surface area contributed by atoms with Crippen molar-refractivity contribution in [3.8, 4) is 11.3 Å². The first-order chi connectivity index (χ1) is 11.7. The number of aromatic nitrogens is 1. The molecule has 0 amide bonds. The van der Waals surface area contributed by atoms with Gasteiger partial charge in [-0.2, -0.15) is 0 Å². The molecule has 0 saturated carbocycles. The molecule has 0 unspecified atom stereocenters. The molecule has 0 saturated heterocycles. The van der Waals surface area contributed by atoms with Crippen molar-refractivity contribution in [2.24, 2.45) is 5.73 Å². The van der Waals surface area contributed by atoms with E-state index in [9.17, 15) is 9.59 Å². The number of nitrogens with zero attached hydrogens (tertiary/aromatic N) is 1. The summed E-state index contributed by atoms with van der Waals surface area (Å²) in [5.41, 5.74) is 9.85. The molecule has 0 aliphatic carbocycles. The lowest BCUT2D eigenvalue weighted by molar-refractivity contribution is -0.134. The zero-order valence-electron chi connectivity index (χ0n) is 14.0. The van der Waals surface area contributed by atoms with Gasteiger partial charge in [-0.05, 0) is 31.5 Å². The highest BCUT2D eigenvalue weighted by Gasteiger charge is 2.24. The van der Waals surface area contributed by atoms with Crippen LogP contribution in [-0.2, 0) is 21.0 Å². The van der Waals surface area contributed by atoms with Crippen molar-refractivity contribution >= 4 is 23.7 Å². The van der Waals surface area contributed by atoms with Crippen molar-refractivity contribution in [3.05, 3.63) is 54.2 Å². The predicted molar refractivity (Wildman–Crippen MR) is 97.4 cm³/mol. The van der Waals surface area contributed by atoms with Gasteiger partial charge in [-0.25, -0.2) is 9.59 Å². The Morgan fingerprint density at radius 1 is 1.16 bits per heavy atom.